The Balaban J connectivity index is 2.39. The van der Waals surface area contributed by atoms with Crippen LogP contribution in [0.3, 0.4) is 0 Å². The van der Waals surface area contributed by atoms with E-state index in [0.29, 0.717) is 19.2 Å². The molecule has 0 aromatic heterocycles. The van der Waals surface area contributed by atoms with E-state index in [9.17, 15) is 5.11 Å². The first-order valence-electron chi connectivity index (χ1n) is 5.79. The van der Waals surface area contributed by atoms with Gasteiger partial charge in [-0.15, -0.1) is 0 Å². The molecule has 2 N–H and O–H groups in total. The lowest BCUT2D eigenvalue weighted by atomic mass is 10.2. The fourth-order valence-electron chi connectivity index (χ4n) is 1.39. The molecule has 3 nitrogen and oxygen atoms in total. The highest BCUT2D eigenvalue weighted by Crippen LogP contribution is 2.22. The summed E-state index contributed by atoms with van der Waals surface area (Å²) in [6.07, 6.45) is -0.486. The van der Waals surface area contributed by atoms with E-state index in [-0.39, 0.29) is 0 Å². The van der Waals surface area contributed by atoms with E-state index in [1.54, 1.807) is 0 Å². The molecule has 0 fully saturated rings. The molecule has 0 aliphatic carbocycles. The Labute approximate surface area is 111 Å². The van der Waals surface area contributed by atoms with Crippen LogP contribution in [0.5, 0.6) is 5.75 Å². The Morgan fingerprint density at radius 3 is 2.71 bits per heavy atom. The highest BCUT2D eigenvalue weighted by Gasteiger charge is 2.07. The van der Waals surface area contributed by atoms with Gasteiger partial charge in [0.2, 0.25) is 0 Å². The summed E-state index contributed by atoms with van der Waals surface area (Å²) < 4.78 is 6.61. The first-order chi connectivity index (χ1) is 7.99. The van der Waals surface area contributed by atoms with Crippen molar-refractivity contribution in [3.63, 3.8) is 0 Å². The lowest BCUT2D eigenvalue weighted by molar-refractivity contribution is 0.104. The van der Waals surface area contributed by atoms with Gasteiger partial charge in [0.05, 0.1) is 0 Å². The molecule has 1 aromatic carbocycles. The molecule has 0 aliphatic heterocycles. The molecule has 0 spiro atoms. The van der Waals surface area contributed by atoms with Gasteiger partial charge in [0.25, 0.3) is 0 Å². The van der Waals surface area contributed by atoms with Gasteiger partial charge in [0, 0.05) is 17.1 Å². The minimum absolute atomic E-state index is 0.308. The van der Waals surface area contributed by atoms with Gasteiger partial charge in [-0.1, -0.05) is 29.8 Å². The van der Waals surface area contributed by atoms with Crippen LogP contribution in [0.15, 0.2) is 22.7 Å². The number of halogens is 1. The topological polar surface area (TPSA) is 41.5 Å². The molecular formula is C13H20BrNO2. The monoisotopic (exact) mass is 301 g/mol. The van der Waals surface area contributed by atoms with Crippen LogP contribution in [0.2, 0.25) is 0 Å². The second kappa shape index (κ2) is 6.99. The molecule has 0 saturated carbocycles. The second-order valence-corrected chi connectivity index (χ2v) is 5.35. The number of aliphatic hydroxyl groups is 1. The van der Waals surface area contributed by atoms with Crippen molar-refractivity contribution < 1.29 is 9.84 Å². The fourth-order valence-corrected chi connectivity index (χ4v) is 1.87. The van der Waals surface area contributed by atoms with Crippen LogP contribution in [0.1, 0.15) is 19.4 Å². The smallest absolute Gasteiger partial charge is 0.122 e. The molecule has 0 radical (unpaired) electrons. The van der Waals surface area contributed by atoms with E-state index >= 15 is 0 Å². The largest absolute Gasteiger partial charge is 0.491 e. The molecule has 1 aromatic rings. The number of nitrogens with one attached hydrogen (secondary N) is 1. The lowest BCUT2D eigenvalue weighted by Crippen LogP contribution is -2.35. The summed E-state index contributed by atoms with van der Waals surface area (Å²) >= 11 is 3.40. The Bertz CT molecular complexity index is 355. The van der Waals surface area contributed by atoms with Crippen LogP contribution in [0.4, 0.5) is 0 Å². The van der Waals surface area contributed by atoms with Gasteiger partial charge in [-0.3, -0.25) is 0 Å². The van der Waals surface area contributed by atoms with Crippen LogP contribution < -0.4 is 10.1 Å². The quantitative estimate of drug-likeness (QED) is 0.848. The Morgan fingerprint density at radius 2 is 2.12 bits per heavy atom. The predicted molar refractivity (Wildman–Crippen MR) is 73.5 cm³/mol. The van der Waals surface area contributed by atoms with Crippen LogP contribution in [-0.2, 0) is 0 Å². The summed E-state index contributed by atoms with van der Waals surface area (Å²) in [5.41, 5.74) is 1.06. The van der Waals surface area contributed by atoms with Crippen molar-refractivity contribution in [2.75, 3.05) is 13.2 Å². The molecule has 1 unspecified atom stereocenters. The zero-order valence-corrected chi connectivity index (χ0v) is 12.1. The van der Waals surface area contributed by atoms with Crippen LogP contribution in [-0.4, -0.2) is 30.4 Å². The molecule has 0 amide bonds. The number of hydrogen-bond donors (Lipinski definition) is 2. The van der Waals surface area contributed by atoms with Crippen molar-refractivity contribution in [2.45, 2.75) is 32.9 Å². The number of aryl methyl sites for hydroxylation is 1. The van der Waals surface area contributed by atoms with Gasteiger partial charge in [0.1, 0.15) is 18.5 Å². The van der Waals surface area contributed by atoms with E-state index in [1.807, 2.05) is 39.0 Å². The zero-order chi connectivity index (χ0) is 12.8. The van der Waals surface area contributed by atoms with Crippen molar-refractivity contribution in [2.24, 2.45) is 0 Å². The number of hydrogen-bond acceptors (Lipinski definition) is 3. The predicted octanol–water partition coefficient (Wildman–Crippen LogP) is 2.50. The summed E-state index contributed by atoms with van der Waals surface area (Å²) in [5.74, 6) is 0.816. The average Bonchev–Trinajstić information content (AvgIpc) is 2.25. The van der Waals surface area contributed by atoms with Crippen molar-refractivity contribution >= 4 is 15.9 Å². The molecule has 1 atom stereocenters. The first-order valence-corrected chi connectivity index (χ1v) is 6.58. The van der Waals surface area contributed by atoms with Crippen LogP contribution >= 0.6 is 15.9 Å². The van der Waals surface area contributed by atoms with E-state index in [2.05, 4.69) is 21.2 Å². The lowest BCUT2D eigenvalue weighted by Gasteiger charge is -2.16. The van der Waals surface area contributed by atoms with Crippen molar-refractivity contribution in [1.29, 1.82) is 0 Å². The Kier molecular flexibility index (Phi) is 5.95. The van der Waals surface area contributed by atoms with Crippen molar-refractivity contribution in [3.05, 3.63) is 28.2 Å². The molecule has 96 valence electrons. The maximum absolute atomic E-state index is 9.71. The number of aliphatic hydroxyl groups excluding tert-OH is 1. The van der Waals surface area contributed by atoms with Gasteiger partial charge in [-0.25, -0.2) is 0 Å². The van der Waals surface area contributed by atoms with Crippen molar-refractivity contribution in [3.8, 4) is 5.75 Å². The zero-order valence-electron chi connectivity index (χ0n) is 10.5. The molecule has 0 saturated heterocycles. The summed E-state index contributed by atoms with van der Waals surface area (Å²) in [6.45, 7) is 6.94. The van der Waals surface area contributed by atoms with Gasteiger partial charge in [0.15, 0.2) is 0 Å². The van der Waals surface area contributed by atoms with E-state index < -0.39 is 6.10 Å². The van der Waals surface area contributed by atoms with Crippen LogP contribution in [0.25, 0.3) is 0 Å². The molecule has 1 rings (SSSR count). The highest BCUT2D eigenvalue weighted by atomic mass is 79.9. The van der Waals surface area contributed by atoms with Crippen LogP contribution in [0, 0.1) is 6.92 Å². The summed E-state index contributed by atoms with van der Waals surface area (Å²) in [4.78, 5) is 0. The number of ether oxygens (including phenoxy) is 1. The maximum Gasteiger partial charge on any atom is 0.122 e. The molecule has 0 heterocycles. The SMILES string of the molecule is Cc1cc(Br)ccc1OCC(O)CNC(C)C. The molecule has 17 heavy (non-hydrogen) atoms. The Hall–Kier alpha value is -0.580. The average molecular weight is 302 g/mol. The minimum atomic E-state index is -0.486. The minimum Gasteiger partial charge on any atom is -0.491 e. The van der Waals surface area contributed by atoms with Crippen molar-refractivity contribution in [1.82, 2.24) is 5.32 Å². The summed E-state index contributed by atoms with van der Waals surface area (Å²) in [6, 6.07) is 6.20. The molecule has 4 heteroatoms. The van der Waals surface area contributed by atoms with Gasteiger partial charge in [-0.2, -0.15) is 0 Å². The van der Waals surface area contributed by atoms with E-state index in [4.69, 9.17) is 4.74 Å². The summed E-state index contributed by atoms with van der Waals surface area (Å²) in [7, 11) is 0. The Morgan fingerprint density at radius 1 is 1.41 bits per heavy atom. The second-order valence-electron chi connectivity index (χ2n) is 4.44. The standard InChI is InChI=1S/C13H20BrNO2/c1-9(2)15-7-12(16)8-17-13-5-4-11(14)6-10(13)3/h4-6,9,12,15-16H,7-8H2,1-3H3. The third-order valence-electron chi connectivity index (χ3n) is 2.33. The number of benzene rings is 1. The first kappa shape index (κ1) is 14.5. The van der Waals surface area contributed by atoms with Gasteiger partial charge < -0.3 is 15.2 Å². The molecule has 0 aliphatic rings. The molecule has 0 bridgehead atoms. The maximum atomic E-state index is 9.71. The van der Waals surface area contributed by atoms with E-state index in [1.165, 1.54) is 0 Å². The van der Waals surface area contributed by atoms with E-state index in [0.717, 1.165) is 15.8 Å². The third-order valence-corrected chi connectivity index (χ3v) is 2.82. The highest BCUT2D eigenvalue weighted by molar-refractivity contribution is 9.10. The molecular weight excluding hydrogens is 282 g/mol. The summed E-state index contributed by atoms with van der Waals surface area (Å²) in [5, 5.41) is 12.9. The van der Waals surface area contributed by atoms with Gasteiger partial charge >= 0.3 is 0 Å². The van der Waals surface area contributed by atoms with Gasteiger partial charge in [-0.05, 0) is 30.7 Å². The normalized spacial score (nSPS) is 12.8. The fraction of sp³-hybridized carbons (Fsp3) is 0.538. The third kappa shape index (κ3) is 5.52. The number of rotatable bonds is 6.